The van der Waals surface area contributed by atoms with Gasteiger partial charge in [-0.2, -0.15) is 0 Å². The van der Waals surface area contributed by atoms with E-state index in [4.69, 9.17) is 16.6 Å². The zero-order chi connectivity index (χ0) is 21.0. The average molecular weight is 419 g/mol. The molecule has 1 unspecified atom stereocenters. The number of hydrogen-bond donors (Lipinski definition) is 0. The van der Waals surface area contributed by atoms with E-state index in [0.717, 1.165) is 47.8 Å². The molecule has 7 heteroatoms. The molecule has 1 atom stereocenters. The molecule has 2 heterocycles. The number of rotatable bonds is 5. The highest BCUT2D eigenvalue weighted by atomic mass is 35.5. The second-order valence-corrected chi connectivity index (χ2v) is 8.12. The van der Waals surface area contributed by atoms with Crippen LogP contribution in [0.25, 0.3) is 0 Å². The van der Waals surface area contributed by atoms with E-state index in [-0.39, 0.29) is 11.7 Å². The van der Waals surface area contributed by atoms with Crippen molar-refractivity contribution in [1.82, 2.24) is 14.9 Å². The molecule has 5 nitrogen and oxygen atoms in total. The molecule has 1 aliphatic heterocycles. The zero-order valence-electron chi connectivity index (χ0n) is 17.3. The quantitative estimate of drug-likeness (QED) is 0.694. The average Bonchev–Trinajstić information content (AvgIpc) is 2.94. The number of benzene rings is 1. The number of carbonyl (C=O) groups excluding carboxylic acids is 1. The van der Waals surface area contributed by atoms with Crippen molar-refractivity contribution in [2.75, 3.05) is 31.1 Å². The summed E-state index contributed by atoms with van der Waals surface area (Å²) in [4.78, 5) is 25.8. The molecule has 0 aliphatic carbocycles. The molecule has 0 bridgehead atoms. The number of amides is 1. The van der Waals surface area contributed by atoms with Gasteiger partial charge in [0, 0.05) is 43.9 Å². The van der Waals surface area contributed by atoms with Gasteiger partial charge in [-0.3, -0.25) is 4.79 Å². The fourth-order valence-electron chi connectivity index (χ4n) is 3.82. The Bertz CT molecular complexity index is 874. The third-order valence-corrected chi connectivity index (χ3v) is 5.42. The van der Waals surface area contributed by atoms with Gasteiger partial charge in [0.2, 0.25) is 5.91 Å². The largest absolute Gasteiger partial charge is 0.354 e. The number of aryl methyl sites for hydroxylation is 2. The van der Waals surface area contributed by atoms with Crippen molar-refractivity contribution in [3.05, 3.63) is 52.7 Å². The van der Waals surface area contributed by atoms with Gasteiger partial charge in [-0.05, 0) is 44.4 Å². The van der Waals surface area contributed by atoms with Gasteiger partial charge in [0.15, 0.2) is 0 Å². The Hall–Kier alpha value is -2.21. The maximum absolute atomic E-state index is 13.7. The third kappa shape index (κ3) is 5.24. The van der Waals surface area contributed by atoms with Gasteiger partial charge >= 0.3 is 0 Å². The summed E-state index contributed by atoms with van der Waals surface area (Å²) in [5, 5.41) is -0.516. The Morgan fingerprint density at radius 1 is 1.24 bits per heavy atom. The number of aromatic nitrogens is 2. The molecule has 156 valence electrons. The first-order valence-electron chi connectivity index (χ1n) is 10.2. The monoisotopic (exact) mass is 418 g/mol. The standard InChI is InChI=1S/C22H28ClFN4O/c1-4-20-19(14-17-7-5-8-18(24)13-17)21(26-16(3)25-20)27-9-6-10-28(12-11-27)22(29)15(2)23/h5,7-8,13,15H,4,6,9-12,14H2,1-3H3. The lowest BCUT2D eigenvalue weighted by molar-refractivity contribution is -0.130. The summed E-state index contributed by atoms with van der Waals surface area (Å²) in [5.74, 6) is 1.36. The van der Waals surface area contributed by atoms with Crippen LogP contribution in [0.4, 0.5) is 10.2 Å². The fraction of sp³-hybridized carbons (Fsp3) is 0.500. The SMILES string of the molecule is CCc1nc(C)nc(N2CCCN(C(=O)C(C)Cl)CC2)c1Cc1cccc(F)c1. The number of nitrogens with zero attached hydrogens (tertiary/aromatic N) is 4. The van der Waals surface area contributed by atoms with Crippen molar-refractivity contribution in [1.29, 1.82) is 0 Å². The van der Waals surface area contributed by atoms with Crippen molar-refractivity contribution in [2.24, 2.45) is 0 Å². The van der Waals surface area contributed by atoms with Gasteiger partial charge in [0.1, 0.15) is 22.8 Å². The van der Waals surface area contributed by atoms with Crippen LogP contribution in [-0.2, 0) is 17.6 Å². The molecule has 1 aromatic carbocycles. The van der Waals surface area contributed by atoms with Gasteiger partial charge in [0.25, 0.3) is 0 Å². The van der Waals surface area contributed by atoms with E-state index in [0.29, 0.717) is 26.1 Å². The van der Waals surface area contributed by atoms with E-state index in [1.165, 1.54) is 6.07 Å². The van der Waals surface area contributed by atoms with E-state index in [1.54, 1.807) is 19.1 Å². The van der Waals surface area contributed by atoms with Crippen molar-refractivity contribution in [3.8, 4) is 0 Å². The van der Waals surface area contributed by atoms with Crippen molar-refractivity contribution in [2.45, 2.75) is 45.4 Å². The van der Waals surface area contributed by atoms with Crippen molar-refractivity contribution < 1.29 is 9.18 Å². The van der Waals surface area contributed by atoms with Gasteiger partial charge in [-0.15, -0.1) is 11.6 Å². The predicted molar refractivity (Wildman–Crippen MR) is 114 cm³/mol. The van der Waals surface area contributed by atoms with E-state index in [1.807, 2.05) is 17.9 Å². The number of carbonyl (C=O) groups is 1. The lowest BCUT2D eigenvalue weighted by atomic mass is 10.0. The Labute approximate surface area is 176 Å². The number of halogens is 2. The molecule has 1 fully saturated rings. The molecule has 1 aromatic heterocycles. The number of hydrogen-bond acceptors (Lipinski definition) is 4. The first-order chi connectivity index (χ1) is 13.9. The molecule has 3 rings (SSSR count). The fourth-order valence-corrected chi connectivity index (χ4v) is 3.96. The first kappa shape index (κ1) is 21.5. The van der Waals surface area contributed by atoms with Gasteiger partial charge in [-0.25, -0.2) is 14.4 Å². The molecule has 1 saturated heterocycles. The lowest BCUT2D eigenvalue weighted by Crippen LogP contribution is -2.39. The minimum Gasteiger partial charge on any atom is -0.354 e. The van der Waals surface area contributed by atoms with Crippen molar-refractivity contribution >= 4 is 23.3 Å². The van der Waals surface area contributed by atoms with E-state index >= 15 is 0 Å². The van der Waals surface area contributed by atoms with E-state index in [2.05, 4.69) is 16.8 Å². The molecule has 1 aliphatic rings. The Balaban J connectivity index is 1.91. The topological polar surface area (TPSA) is 49.3 Å². The molecule has 0 saturated carbocycles. The van der Waals surface area contributed by atoms with E-state index in [9.17, 15) is 9.18 Å². The third-order valence-electron chi connectivity index (χ3n) is 5.23. The van der Waals surface area contributed by atoms with Crippen LogP contribution in [0.15, 0.2) is 24.3 Å². The predicted octanol–water partition coefficient (Wildman–Crippen LogP) is 3.74. The summed E-state index contributed by atoms with van der Waals surface area (Å²) < 4.78 is 13.7. The minimum absolute atomic E-state index is 0.0263. The van der Waals surface area contributed by atoms with Crippen LogP contribution < -0.4 is 4.90 Å². The maximum Gasteiger partial charge on any atom is 0.240 e. The van der Waals surface area contributed by atoms with Crippen LogP contribution in [-0.4, -0.2) is 52.3 Å². The minimum atomic E-state index is -0.516. The molecule has 29 heavy (non-hydrogen) atoms. The van der Waals surface area contributed by atoms with Crippen molar-refractivity contribution in [3.63, 3.8) is 0 Å². The van der Waals surface area contributed by atoms with Crippen LogP contribution in [0.2, 0.25) is 0 Å². The summed E-state index contributed by atoms with van der Waals surface area (Å²) in [6.45, 7) is 8.48. The van der Waals surface area contributed by atoms with Crippen LogP contribution >= 0.6 is 11.6 Å². The molecule has 0 N–H and O–H groups in total. The Kier molecular flexibility index (Phi) is 7.06. The molecule has 0 radical (unpaired) electrons. The second kappa shape index (κ2) is 9.53. The molecular formula is C22H28ClFN4O. The molecule has 2 aromatic rings. The smallest absolute Gasteiger partial charge is 0.240 e. The number of alkyl halides is 1. The lowest BCUT2D eigenvalue weighted by Gasteiger charge is -2.26. The van der Waals surface area contributed by atoms with Crippen LogP contribution in [0.1, 0.15) is 42.9 Å². The first-order valence-corrected chi connectivity index (χ1v) is 10.6. The molecular weight excluding hydrogens is 391 g/mol. The highest BCUT2D eigenvalue weighted by Crippen LogP contribution is 2.26. The summed E-state index contributed by atoms with van der Waals surface area (Å²) in [5.41, 5.74) is 2.92. The van der Waals surface area contributed by atoms with Crippen LogP contribution in [0.5, 0.6) is 0 Å². The molecule has 1 amide bonds. The van der Waals surface area contributed by atoms with Crippen LogP contribution in [0, 0.1) is 12.7 Å². The summed E-state index contributed by atoms with van der Waals surface area (Å²) in [6.07, 6.45) is 2.21. The Morgan fingerprint density at radius 2 is 2.03 bits per heavy atom. The molecule has 0 spiro atoms. The van der Waals surface area contributed by atoms with Gasteiger partial charge in [0.05, 0.1) is 0 Å². The maximum atomic E-state index is 13.7. The van der Waals surface area contributed by atoms with Crippen LogP contribution in [0.3, 0.4) is 0 Å². The summed E-state index contributed by atoms with van der Waals surface area (Å²) in [7, 11) is 0. The summed E-state index contributed by atoms with van der Waals surface area (Å²) in [6, 6.07) is 6.67. The Morgan fingerprint density at radius 3 is 2.72 bits per heavy atom. The van der Waals surface area contributed by atoms with Gasteiger partial charge in [-0.1, -0.05) is 19.1 Å². The summed E-state index contributed by atoms with van der Waals surface area (Å²) >= 11 is 6.00. The van der Waals surface area contributed by atoms with Gasteiger partial charge < -0.3 is 9.80 Å². The normalized spacial score (nSPS) is 15.9. The second-order valence-electron chi connectivity index (χ2n) is 7.46. The number of anilines is 1. The zero-order valence-corrected chi connectivity index (χ0v) is 18.0. The highest BCUT2D eigenvalue weighted by Gasteiger charge is 2.25. The highest BCUT2D eigenvalue weighted by molar-refractivity contribution is 6.30. The van der Waals surface area contributed by atoms with E-state index < -0.39 is 5.38 Å².